The van der Waals surface area contributed by atoms with Crippen LogP contribution in [-0.4, -0.2) is 62.7 Å². The fourth-order valence-electron chi connectivity index (χ4n) is 3.57. The van der Waals surface area contributed by atoms with E-state index in [2.05, 4.69) is 27.0 Å². The topological polar surface area (TPSA) is 148 Å². The number of ketones is 1. The minimum Gasteiger partial charge on any atom is -0.368 e. The summed E-state index contributed by atoms with van der Waals surface area (Å²) in [5, 5.41) is 17.9. The van der Waals surface area contributed by atoms with Gasteiger partial charge >= 0.3 is 0 Å². The van der Waals surface area contributed by atoms with Gasteiger partial charge in [0.25, 0.3) is 0 Å². The molecule has 11 nitrogen and oxygen atoms in total. The first kappa shape index (κ1) is 20.8. The van der Waals surface area contributed by atoms with Crippen LogP contribution in [0, 0.1) is 16.7 Å². The molecule has 154 valence electrons. The molecule has 2 aromatic rings. The van der Waals surface area contributed by atoms with Crippen LogP contribution in [0.2, 0.25) is 0 Å². The smallest absolute Gasteiger partial charge is 0.236 e. The van der Waals surface area contributed by atoms with Gasteiger partial charge in [0.2, 0.25) is 5.82 Å². The maximum Gasteiger partial charge on any atom is 0.236 e. The van der Waals surface area contributed by atoms with Crippen LogP contribution in [-0.2, 0) is 19.0 Å². The first-order valence-electron chi connectivity index (χ1n) is 9.10. The molecule has 0 radical (unpaired) electrons. The van der Waals surface area contributed by atoms with Crippen LogP contribution in [0.4, 0.5) is 5.82 Å². The molecule has 29 heavy (non-hydrogen) atoms. The van der Waals surface area contributed by atoms with Gasteiger partial charge in [-0.1, -0.05) is 0 Å². The molecule has 0 aliphatic carbocycles. The molecule has 0 saturated carbocycles. The number of hydrogen-bond donors (Lipinski definition) is 2. The molecule has 0 spiro atoms. The molecule has 0 bridgehead atoms. The Labute approximate surface area is 167 Å². The van der Waals surface area contributed by atoms with Crippen LogP contribution in [0.1, 0.15) is 39.7 Å². The van der Waals surface area contributed by atoms with Crippen LogP contribution in [0.25, 0.3) is 11.2 Å². The van der Waals surface area contributed by atoms with Gasteiger partial charge in [-0.2, -0.15) is 15.2 Å². The Kier molecular flexibility index (Phi) is 5.61. The maximum atomic E-state index is 12.1. The standard InChI is InChI=1S/C17H20N6O4.CH3N/c1-5-19-14-10-15(22-9(6-18)21-14)23(7-20-10)16-13-12(11(25-16)8(2)24)26-17(3,4)27-13;1-2/h7,11-13,16H,5H2,1-4H3,(H,19,21,22);2H,1H2/t11-,12-,13-,16-;/m1./s1. The number of carbonyl (C=O) groups excluding carboxylic acids is 1. The summed E-state index contributed by atoms with van der Waals surface area (Å²) >= 11 is 0. The average Bonchev–Trinajstić information content (AvgIpc) is 3.33. The number of aromatic nitrogens is 4. The number of fused-ring (bicyclic) bond motifs is 2. The van der Waals surface area contributed by atoms with Crippen LogP contribution >= 0.6 is 0 Å². The number of carbonyl (C=O) groups is 1. The molecule has 2 fully saturated rings. The highest BCUT2D eigenvalue weighted by molar-refractivity contribution is 5.84. The molecule has 4 rings (SSSR count). The second-order valence-electron chi connectivity index (χ2n) is 6.98. The molecule has 0 amide bonds. The Bertz CT molecular complexity index is 967. The molecule has 2 N–H and O–H groups in total. The number of nitrogens with zero attached hydrogens (tertiary/aromatic N) is 5. The highest BCUT2D eigenvalue weighted by Crippen LogP contribution is 2.44. The first-order valence-corrected chi connectivity index (χ1v) is 9.10. The van der Waals surface area contributed by atoms with Crippen LogP contribution in [0.15, 0.2) is 6.33 Å². The van der Waals surface area contributed by atoms with E-state index in [0.717, 1.165) is 0 Å². The molecule has 2 saturated heterocycles. The van der Waals surface area contributed by atoms with Crippen molar-refractivity contribution in [2.24, 2.45) is 0 Å². The molecule has 4 atom stereocenters. The van der Waals surface area contributed by atoms with Crippen LogP contribution in [0.3, 0.4) is 0 Å². The lowest BCUT2D eigenvalue weighted by Crippen LogP contribution is -2.34. The Balaban J connectivity index is 0.00000117. The third-order valence-corrected chi connectivity index (χ3v) is 4.57. The predicted octanol–water partition coefficient (Wildman–Crippen LogP) is 1.40. The van der Waals surface area contributed by atoms with Gasteiger partial charge in [-0.3, -0.25) is 9.36 Å². The van der Waals surface area contributed by atoms with Gasteiger partial charge in [-0.15, -0.1) is 0 Å². The lowest BCUT2D eigenvalue weighted by atomic mass is 10.1. The number of nitrogens with one attached hydrogen (secondary N) is 2. The number of hydrogen-bond acceptors (Lipinski definition) is 10. The third kappa shape index (κ3) is 3.57. The van der Waals surface area contributed by atoms with Gasteiger partial charge in [0.05, 0.1) is 6.33 Å². The van der Waals surface area contributed by atoms with Crippen molar-refractivity contribution in [3.05, 3.63) is 12.2 Å². The average molecular weight is 401 g/mol. The van der Waals surface area contributed by atoms with E-state index in [1.807, 2.05) is 13.0 Å². The van der Waals surface area contributed by atoms with E-state index in [0.29, 0.717) is 23.5 Å². The maximum absolute atomic E-state index is 12.1. The molecular formula is C18H23N7O4. The molecule has 4 heterocycles. The highest BCUT2D eigenvalue weighted by Gasteiger charge is 2.57. The quantitative estimate of drug-likeness (QED) is 0.725. The Morgan fingerprint density at radius 3 is 2.69 bits per heavy atom. The normalized spacial score (nSPS) is 27.0. The number of nitriles is 1. The zero-order valence-corrected chi connectivity index (χ0v) is 16.7. The third-order valence-electron chi connectivity index (χ3n) is 4.57. The van der Waals surface area contributed by atoms with Gasteiger partial charge in [0.15, 0.2) is 34.8 Å². The van der Waals surface area contributed by atoms with Crippen molar-refractivity contribution in [1.29, 1.82) is 10.7 Å². The minimum atomic E-state index is -0.830. The van der Waals surface area contributed by atoms with Crippen molar-refractivity contribution < 1.29 is 19.0 Å². The Morgan fingerprint density at radius 1 is 1.38 bits per heavy atom. The van der Waals surface area contributed by atoms with Crippen molar-refractivity contribution in [3.63, 3.8) is 0 Å². The van der Waals surface area contributed by atoms with Gasteiger partial charge in [0, 0.05) is 6.54 Å². The number of ether oxygens (including phenoxy) is 3. The molecule has 2 aromatic heterocycles. The highest BCUT2D eigenvalue weighted by atomic mass is 16.8. The zero-order valence-electron chi connectivity index (χ0n) is 16.7. The van der Waals surface area contributed by atoms with Crippen LogP contribution < -0.4 is 5.32 Å². The van der Waals surface area contributed by atoms with E-state index in [4.69, 9.17) is 19.6 Å². The summed E-state index contributed by atoms with van der Waals surface area (Å²) in [6, 6.07) is 1.96. The van der Waals surface area contributed by atoms with Crippen molar-refractivity contribution in [1.82, 2.24) is 19.5 Å². The molecule has 11 heteroatoms. The summed E-state index contributed by atoms with van der Waals surface area (Å²) in [5.74, 6) is -0.483. The predicted molar refractivity (Wildman–Crippen MR) is 102 cm³/mol. The summed E-state index contributed by atoms with van der Waals surface area (Å²) < 4.78 is 19.5. The fourth-order valence-corrected chi connectivity index (χ4v) is 3.57. The Morgan fingerprint density at radius 2 is 2.07 bits per heavy atom. The monoisotopic (exact) mass is 401 g/mol. The van der Waals surface area contributed by atoms with Gasteiger partial charge in [0.1, 0.15) is 24.4 Å². The summed E-state index contributed by atoms with van der Waals surface area (Å²) in [6.07, 6.45) is -0.878. The molecule has 0 aromatic carbocycles. The number of Topliss-reactive ketones (excluding diaryl/α,β-unsaturated/α-hetero) is 1. The summed E-state index contributed by atoms with van der Waals surface area (Å²) in [7, 11) is 0. The molecule has 2 aliphatic rings. The fraction of sp³-hybridized carbons (Fsp3) is 0.556. The number of imidazole rings is 1. The molecular weight excluding hydrogens is 378 g/mol. The Hall–Kier alpha value is -2.94. The van der Waals surface area contributed by atoms with E-state index < -0.39 is 30.3 Å². The van der Waals surface area contributed by atoms with E-state index in [9.17, 15) is 10.1 Å². The van der Waals surface area contributed by atoms with Crippen molar-refractivity contribution >= 4 is 29.5 Å². The van der Waals surface area contributed by atoms with Crippen molar-refractivity contribution in [2.75, 3.05) is 11.9 Å². The summed E-state index contributed by atoms with van der Waals surface area (Å²) in [5.41, 5.74) is 0.944. The summed E-state index contributed by atoms with van der Waals surface area (Å²) in [4.78, 5) is 24.9. The lowest BCUT2D eigenvalue weighted by molar-refractivity contribution is -0.196. The minimum absolute atomic E-state index is 0.0155. The molecule has 2 aliphatic heterocycles. The van der Waals surface area contributed by atoms with Gasteiger partial charge < -0.3 is 24.9 Å². The van der Waals surface area contributed by atoms with Crippen molar-refractivity contribution in [3.8, 4) is 6.07 Å². The van der Waals surface area contributed by atoms with Crippen molar-refractivity contribution in [2.45, 2.75) is 58.0 Å². The SMILES string of the molecule is C=N.CCNc1nc(C#N)nc2c1ncn2[C@@H]1O[C@H](C(C)=O)[C@H]2OC(C)(C)O[C@H]21. The number of rotatable bonds is 4. The van der Waals surface area contributed by atoms with E-state index >= 15 is 0 Å². The van der Waals surface area contributed by atoms with E-state index in [1.54, 1.807) is 24.7 Å². The van der Waals surface area contributed by atoms with Crippen LogP contribution in [0.5, 0.6) is 0 Å². The first-order chi connectivity index (χ1) is 13.8. The molecule has 0 unspecified atom stereocenters. The lowest BCUT2D eigenvalue weighted by Gasteiger charge is -2.24. The van der Waals surface area contributed by atoms with Gasteiger partial charge in [-0.25, -0.2) is 4.98 Å². The second kappa shape index (κ2) is 7.82. The number of anilines is 1. The largest absolute Gasteiger partial charge is 0.368 e. The van der Waals surface area contributed by atoms with E-state index in [-0.39, 0.29) is 11.6 Å². The summed E-state index contributed by atoms with van der Waals surface area (Å²) in [6.45, 7) is 10.1. The van der Waals surface area contributed by atoms with Gasteiger partial charge in [-0.05, 0) is 34.4 Å². The zero-order chi connectivity index (χ0) is 21.3. The van der Waals surface area contributed by atoms with E-state index in [1.165, 1.54) is 6.92 Å². The second-order valence-corrected chi connectivity index (χ2v) is 6.98.